The fourth-order valence-electron chi connectivity index (χ4n) is 4.32. The Morgan fingerprint density at radius 3 is 2.61 bits per heavy atom. The van der Waals surface area contributed by atoms with Gasteiger partial charge in [-0.15, -0.1) is 0 Å². The van der Waals surface area contributed by atoms with E-state index < -0.39 is 27.8 Å². The molecule has 1 fully saturated rings. The molecule has 4 rings (SSSR count). The summed E-state index contributed by atoms with van der Waals surface area (Å²) in [5.41, 5.74) is 1.38. The van der Waals surface area contributed by atoms with Gasteiger partial charge in [-0.25, -0.2) is 9.71 Å². The van der Waals surface area contributed by atoms with E-state index in [1.165, 1.54) is 0 Å². The van der Waals surface area contributed by atoms with Gasteiger partial charge < -0.3 is 19.3 Å². The van der Waals surface area contributed by atoms with Crippen molar-refractivity contribution in [3.05, 3.63) is 83.8 Å². The standard InChI is InChI=1S/C30H37N3O7S/c1-20-9-12-23(39-24-13-10-22(11-14-24)25-19-28(34)33-41(36,37)32-25)7-5-6-8-26(20)40-27-15-16-29(31-21(27)2)38-18-17-30(3,4)35/h5-6,8,10-11,13-16,23,25,32,35H,1,7,9,12,17-19H2,2-4H3,(H,33,34)/b6-5-,26-8+/t23-,25?/m0/s1. The quantitative estimate of drug-likeness (QED) is 0.397. The zero-order valence-electron chi connectivity index (χ0n) is 23.6. The summed E-state index contributed by atoms with van der Waals surface area (Å²) in [5.74, 6) is 1.83. The Morgan fingerprint density at radius 2 is 1.93 bits per heavy atom. The van der Waals surface area contributed by atoms with E-state index in [1.807, 2.05) is 35.9 Å². The number of rotatable bonds is 9. The molecule has 2 atom stereocenters. The maximum Gasteiger partial charge on any atom is 0.301 e. The van der Waals surface area contributed by atoms with E-state index >= 15 is 0 Å². The van der Waals surface area contributed by atoms with E-state index in [1.54, 1.807) is 44.2 Å². The molecule has 1 unspecified atom stereocenters. The van der Waals surface area contributed by atoms with Gasteiger partial charge in [0.05, 0.1) is 23.9 Å². The molecule has 41 heavy (non-hydrogen) atoms. The molecule has 1 aromatic carbocycles. The molecule has 10 nitrogen and oxygen atoms in total. The third-order valence-corrected chi connectivity index (χ3v) is 7.71. The normalized spacial score (nSPS) is 23.2. The second-order valence-electron chi connectivity index (χ2n) is 10.8. The smallest absolute Gasteiger partial charge is 0.301 e. The molecule has 11 heteroatoms. The highest BCUT2D eigenvalue weighted by Crippen LogP contribution is 2.29. The highest BCUT2D eigenvalue weighted by molar-refractivity contribution is 7.88. The molecule has 2 heterocycles. The first-order valence-corrected chi connectivity index (χ1v) is 15.0. The van der Waals surface area contributed by atoms with Gasteiger partial charge >= 0.3 is 10.2 Å². The number of nitrogens with one attached hydrogen (secondary N) is 2. The van der Waals surface area contributed by atoms with E-state index in [0.29, 0.717) is 66.7 Å². The monoisotopic (exact) mass is 583 g/mol. The number of pyridine rings is 1. The lowest BCUT2D eigenvalue weighted by molar-refractivity contribution is -0.120. The van der Waals surface area contributed by atoms with Gasteiger partial charge in [0.25, 0.3) is 0 Å². The number of ether oxygens (including phenoxy) is 3. The molecule has 2 aromatic rings. The molecule has 1 aromatic heterocycles. The summed E-state index contributed by atoms with van der Waals surface area (Å²) >= 11 is 0. The molecule has 0 saturated carbocycles. The summed E-state index contributed by atoms with van der Waals surface area (Å²) in [4.78, 5) is 16.2. The van der Waals surface area contributed by atoms with Gasteiger partial charge in [-0.1, -0.05) is 30.9 Å². The van der Waals surface area contributed by atoms with Crippen LogP contribution in [0.3, 0.4) is 0 Å². The van der Waals surface area contributed by atoms with Crippen molar-refractivity contribution in [2.75, 3.05) is 6.61 Å². The molecule has 1 aliphatic carbocycles. The van der Waals surface area contributed by atoms with Gasteiger partial charge in [0.2, 0.25) is 11.8 Å². The van der Waals surface area contributed by atoms with Gasteiger partial charge in [-0.3, -0.25) is 4.79 Å². The van der Waals surface area contributed by atoms with Crippen LogP contribution in [0.1, 0.15) is 63.3 Å². The minimum atomic E-state index is -3.84. The minimum absolute atomic E-state index is 0.0307. The molecule has 0 spiro atoms. The average Bonchev–Trinajstić information content (AvgIpc) is 2.95. The van der Waals surface area contributed by atoms with E-state index in [0.717, 1.165) is 5.57 Å². The highest BCUT2D eigenvalue weighted by atomic mass is 32.2. The maximum absolute atomic E-state index is 11.8. The molecule has 220 valence electrons. The van der Waals surface area contributed by atoms with Crippen LogP contribution in [0.25, 0.3) is 0 Å². The lowest BCUT2D eigenvalue weighted by atomic mass is 10.0. The Hall–Kier alpha value is -3.67. The second-order valence-corrected chi connectivity index (χ2v) is 12.2. The summed E-state index contributed by atoms with van der Waals surface area (Å²) in [6.07, 6.45) is 8.27. The van der Waals surface area contributed by atoms with Crippen LogP contribution in [0.4, 0.5) is 0 Å². The molecule has 2 aliphatic rings. The summed E-state index contributed by atoms with van der Waals surface area (Å²) in [6, 6.07) is 10.0. The molecule has 0 bridgehead atoms. The number of hydrogen-bond donors (Lipinski definition) is 3. The first-order valence-electron chi connectivity index (χ1n) is 13.5. The number of amides is 1. The topological polar surface area (TPSA) is 136 Å². The summed E-state index contributed by atoms with van der Waals surface area (Å²) in [6.45, 7) is 9.91. The fourth-order valence-corrected chi connectivity index (χ4v) is 5.36. The van der Waals surface area contributed by atoms with Crippen LogP contribution in [0.2, 0.25) is 0 Å². The van der Waals surface area contributed by atoms with E-state index in [9.17, 15) is 18.3 Å². The highest BCUT2D eigenvalue weighted by Gasteiger charge is 2.29. The summed E-state index contributed by atoms with van der Waals surface area (Å²) < 4.78 is 46.0. The van der Waals surface area contributed by atoms with Crippen LogP contribution in [-0.2, 0) is 15.0 Å². The van der Waals surface area contributed by atoms with Crippen molar-refractivity contribution in [2.24, 2.45) is 0 Å². The lowest BCUT2D eigenvalue weighted by Gasteiger charge is -2.24. The molecule has 0 radical (unpaired) electrons. The van der Waals surface area contributed by atoms with Crippen molar-refractivity contribution in [2.45, 2.75) is 70.6 Å². The molecule has 1 aliphatic heterocycles. The molecule has 1 amide bonds. The predicted molar refractivity (Wildman–Crippen MR) is 155 cm³/mol. The van der Waals surface area contributed by atoms with Crippen LogP contribution >= 0.6 is 0 Å². The van der Waals surface area contributed by atoms with Gasteiger partial charge in [0, 0.05) is 25.3 Å². The van der Waals surface area contributed by atoms with Crippen LogP contribution in [0.15, 0.2) is 72.5 Å². The van der Waals surface area contributed by atoms with Gasteiger partial charge in [-0.2, -0.15) is 13.1 Å². The van der Waals surface area contributed by atoms with Crippen LogP contribution in [0, 0.1) is 6.92 Å². The predicted octanol–water partition coefficient (Wildman–Crippen LogP) is 4.33. The average molecular weight is 584 g/mol. The number of hydrogen-bond acceptors (Lipinski definition) is 8. The third kappa shape index (κ3) is 9.17. The van der Waals surface area contributed by atoms with Crippen molar-refractivity contribution in [1.82, 2.24) is 14.4 Å². The van der Waals surface area contributed by atoms with Crippen LogP contribution < -0.4 is 23.7 Å². The van der Waals surface area contributed by atoms with Gasteiger partial charge in [0.15, 0.2) is 0 Å². The largest absolute Gasteiger partial charge is 0.490 e. The van der Waals surface area contributed by atoms with E-state index in [4.69, 9.17) is 14.2 Å². The first-order chi connectivity index (χ1) is 19.4. The number of carbonyl (C=O) groups is 1. The number of allylic oxidation sites excluding steroid dienone is 3. The summed E-state index contributed by atoms with van der Waals surface area (Å²) in [7, 11) is -3.84. The Kier molecular flexibility index (Phi) is 9.52. The second kappa shape index (κ2) is 12.9. The zero-order valence-corrected chi connectivity index (χ0v) is 24.4. The Morgan fingerprint density at radius 1 is 1.17 bits per heavy atom. The van der Waals surface area contributed by atoms with Gasteiger partial charge in [0.1, 0.15) is 23.4 Å². The lowest BCUT2D eigenvalue weighted by Crippen LogP contribution is -2.48. The Labute approximate surface area is 241 Å². The number of aromatic nitrogens is 1. The number of aryl methyl sites for hydroxylation is 1. The first kappa shape index (κ1) is 30.3. The Balaban J connectivity index is 1.32. The summed E-state index contributed by atoms with van der Waals surface area (Å²) in [5, 5.41) is 9.85. The van der Waals surface area contributed by atoms with E-state index in [2.05, 4.69) is 16.3 Å². The molecule has 1 saturated heterocycles. The number of aliphatic hydroxyl groups is 1. The van der Waals surface area contributed by atoms with Crippen molar-refractivity contribution >= 4 is 16.1 Å². The zero-order chi connectivity index (χ0) is 29.6. The number of carbonyl (C=O) groups excluding carboxylic acids is 1. The molecule has 3 N–H and O–H groups in total. The minimum Gasteiger partial charge on any atom is -0.490 e. The number of nitrogens with zero attached hydrogens (tertiary/aromatic N) is 1. The SMILES string of the molecule is C=C1CC[C@@H](Oc2ccc(C3CC(=O)NS(=O)(=O)N3)cc2)C/C=C\C=C/1Oc1ccc(OCCC(C)(C)O)nc1C. The van der Waals surface area contributed by atoms with Crippen LogP contribution in [0.5, 0.6) is 17.4 Å². The molecular weight excluding hydrogens is 546 g/mol. The van der Waals surface area contributed by atoms with Crippen molar-refractivity contribution in [3.63, 3.8) is 0 Å². The number of benzene rings is 1. The van der Waals surface area contributed by atoms with Crippen molar-refractivity contribution in [1.29, 1.82) is 0 Å². The molecular formula is C30H37N3O7S. The third-order valence-electron chi connectivity index (χ3n) is 6.62. The Bertz CT molecular complexity index is 1430. The maximum atomic E-state index is 11.8. The van der Waals surface area contributed by atoms with E-state index in [-0.39, 0.29) is 12.5 Å². The fraction of sp³-hybridized carbons (Fsp3) is 0.400. The van der Waals surface area contributed by atoms with Crippen LogP contribution in [-0.4, -0.2) is 42.7 Å². The van der Waals surface area contributed by atoms with Crippen molar-refractivity contribution in [3.8, 4) is 17.4 Å². The van der Waals surface area contributed by atoms with Gasteiger partial charge in [-0.05, 0) is 69.0 Å². The van der Waals surface area contributed by atoms with Crippen molar-refractivity contribution < 1.29 is 32.5 Å².